The largest absolute Gasteiger partial charge is 0.496 e. The highest BCUT2D eigenvalue weighted by Crippen LogP contribution is 2.39. The Morgan fingerprint density at radius 3 is 2.31 bits per heavy atom. The summed E-state index contributed by atoms with van der Waals surface area (Å²) in [6.45, 7) is 1.64. The van der Waals surface area contributed by atoms with E-state index in [1.165, 1.54) is 37.4 Å². The molecule has 11 heteroatoms. The number of ether oxygens (including phenoxy) is 1. The van der Waals surface area contributed by atoms with Crippen LogP contribution in [-0.4, -0.2) is 20.5 Å². The van der Waals surface area contributed by atoms with Crippen molar-refractivity contribution in [2.75, 3.05) is 7.11 Å². The van der Waals surface area contributed by atoms with Crippen molar-refractivity contribution in [3.05, 3.63) is 89.7 Å². The van der Waals surface area contributed by atoms with Gasteiger partial charge in [0.15, 0.2) is 5.58 Å². The number of nitrogens with zero attached hydrogens (tertiary/aromatic N) is 1. The smallest absolute Gasteiger partial charge is 0.416 e. The van der Waals surface area contributed by atoms with Crippen LogP contribution in [0.1, 0.15) is 11.1 Å². The average molecular weight is 557 g/mol. The maximum atomic E-state index is 15.2. The minimum Gasteiger partial charge on any atom is -0.496 e. The van der Waals surface area contributed by atoms with Gasteiger partial charge in [-0.3, -0.25) is 0 Å². The first kappa shape index (κ1) is 26.4. The molecule has 0 aliphatic heterocycles. The SMILES string of the molecule is COc1cc(F)c(-c2ccc(S(N)(=O)=O)cc2C)cc1-c1cccc(-c2nc3cc(C(F)(F)F)ccc3o2)c1. The number of hydrogen-bond donors (Lipinski definition) is 1. The number of fused-ring (bicyclic) bond motifs is 1. The Balaban J connectivity index is 1.60. The van der Waals surface area contributed by atoms with Gasteiger partial charge in [0.05, 0.1) is 17.6 Å². The highest BCUT2D eigenvalue weighted by Gasteiger charge is 2.31. The van der Waals surface area contributed by atoms with Gasteiger partial charge in [0.25, 0.3) is 0 Å². The lowest BCUT2D eigenvalue weighted by Crippen LogP contribution is -2.12. The first-order valence-electron chi connectivity index (χ1n) is 11.4. The van der Waals surface area contributed by atoms with Crippen molar-refractivity contribution in [2.24, 2.45) is 5.14 Å². The molecule has 0 amide bonds. The Hall–Kier alpha value is -4.22. The van der Waals surface area contributed by atoms with Crippen LogP contribution < -0.4 is 9.88 Å². The van der Waals surface area contributed by atoms with Gasteiger partial charge in [0, 0.05) is 22.8 Å². The molecule has 6 nitrogen and oxygen atoms in total. The lowest BCUT2D eigenvalue weighted by Gasteiger charge is -2.15. The van der Waals surface area contributed by atoms with Crippen LogP contribution in [0.4, 0.5) is 17.6 Å². The Kier molecular flexibility index (Phi) is 6.44. The molecule has 0 spiro atoms. The maximum Gasteiger partial charge on any atom is 0.416 e. The van der Waals surface area contributed by atoms with Crippen molar-refractivity contribution in [3.63, 3.8) is 0 Å². The van der Waals surface area contributed by atoms with E-state index in [1.54, 1.807) is 37.3 Å². The molecule has 0 saturated heterocycles. The minimum absolute atomic E-state index is 0.0605. The van der Waals surface area contributed by atoms with Crippen LogP contribution in [0.3, 0.4) is 0 Å². The molecule has 200 valence electrons. The highest BCUT2D eigenvalue weighted by atomic mass is 32.2. The predicted molar refractivity (Wildman–Crippen MR) is 138 cm³/mol. The van der Waals surface area contributed by atoms with Gasteiger partial charge >= 0.3 is 6.18 Å². The summed E-state index contributed by atoms with van der Waals surface area (Å²) in [5.74, 6) is -0.237. The third-order valence-corrected chi connectivity index (χ3v) is 7.15. The van der Waals surface area contributed by atoms with E-state index in [2.05, 4.69) is 4.98 Å². The molecule has 0 fully saturated rings. The Morgan fingerprint density at radius 2 is 1.64 bits per heavy atom. The summed E-state index contributed by atoms with van der Waals surface area (Å²) in [7, 11) is -2.54. The van der Waals surface area contributed by atoms with E-state index in [0.717, 1.165) is 12.1 Å². The zero-order chi connectivity index (χ0) is 28.1. The van der Waals surface area contributed by atoms with Crippen molar-refractivity contribution in [3.8, 4) is 39.5 Å². The standard InChI is InChI=1S/C28H20F4N2O4S/c1-15-10-19(39(33,35)36)7-8-20(15)22-13-21(26(37-2)14-23(22)29)16-4-3-5-17(11-16)27-34-24-12-18(28(30,31)32)6-9-25(24)38-27/h3-14H,1-2H3,(H2,33,35,36). The molecule has 0 radical (unpaired) electrons. The average Bonchev–Trinajstić information content (AvgIpc) is 3.31. The van der Waals surface area contributed by atoms with Gasteiger partial charge in [0.2, 0.25) is 15.9 Å². The number of sulfonamides is 1. The lowest BCUT2D eigenvalue weighted by atomic mass is 9.94. The number of nitrogens with two attached hydrogens (primary N) is 1. The fourth-order valence-corrected chi connectivity index (χ4v) is 4.92. The molecule has 0 saturated carbocycles. The van der Waals surface area contributed by atoms with E-state index in [4.69, 9.17) is 14.3 Å². The molecule has 2 N–H and O–H groups in total. The third-order valence-electron chi connectivity index (χ3n) is 6.24. The summed E-state index contributed by atoms with van der Waals surface area (Å²) < 4.78 is 89.1. The molecule has 0 aliphatic rings. The number of aromatic nitrogens is 1. The molecular weight excluding hydrogens is 536 g/mol. The third kappa shape index (κ3) is 5.10. The zero-order valence-electron chi connectivity index (χ0n) is 20.5. The van der Waals surface area contributed by atoms with Crippen LogP contribution in [0, 0.1) is 12.7 Å². The second-order valence-corrected chi connectivity index (χ2v) is 10.4. The number of hydrogen-bond acceptors (Lipinski definition) is 5. The second-order valence-electron chi connectivity index (χ2n) is 8.83. The topological polar surface area (TPSA) is 95.4 Å². The Labute approximate surface area is 220 Å². The second kappa shape index (κ2) is 9.51. The van der Waals surface area contributed by atoms with Gasteiger partial charge in [-0.2, -0.15) is 13.2 Å². The van der Waals surface area contributed by atoms with Gasteiger partial charge in [-0.25, -0.2) is 22.9 Å². The van der Waals surface area contributed by atoms with E-state index >= 15 is 4.39 Å². The summed E-state index contributed by atoms with van der Waals surface area (Å²) >= 11 is 0. The van der Waals surface area contributed by atoms with Gasteiger partial charge in [-0.05, 0) is 72.1 Å². The van der Waals surface area contributed by atoms with E-state index in [0.29, 0.717) is 27.8 Å². The number of aryl methyl sites for hydroxylation is 1. The van der Waals surface area contributed by atoms with Crippen molar-refractivity contribution in [1.29, 1.82) is 0 Å². The molecule has 1 aromatic heterocycles. The van der Waals surface area contributed by atoms with Crippen LogP contribution in [-0.2, 0) is 16.2 Å². The van der Waals surface area contributed by atoms with Crippen LogP contribution in [0.25, 0.3) is 44.8 Å². The molecule has 0 unspecified atom stereocenters. The number of methoxy groups -OCH3 is 1. The first-order chi connectivity index (χ1) is 18.3. The Bertz CT molecular complexity index is 1850. The number of benzene rings is 4. The van der Waals surface area contributed by atoms with Crippen LogP contribution in [0.2, 0.25) is 0 Å². The van der Waals surface area contributed by atoms with E-state index in [1.807, 2.05) is 0 Å². The zero-order valence-corrected chi connectivity index (χ0v) is 21.3. The van der Waals surface area contributed by atoms with Crippen LogP contribution in [0.15, 0.2) is 82.1 Å². The fraction of sp³-hybridized carbons (Fsp3) is 0.107. The van der Waals surface area contributed by atoms with Crippen molar-refractivity contribution >= 4 is 21.1 Å². The molecule has 5 rings (SSSR count). The van der Waals surface area contributed by atoms with E-state index in [9.17, 15) is 21.6 Å². The highest BCUT2D eigenvalue weighted by molar-refractivity contribution is 7.89. The summed E-state index contributed by atoms with van der Waals surface area (Å²) in [6, 6.07) is 16.9. The van der Waals surface area contributed by atoms with Crippen LogP contribution in [0.5, 0.6) is 5.75 Å². The van der Waals surface area contributed by atoms with Crippen molar-refractivity contribution < 1.29 is 35.1 Å². The summed E-state index contributed by atoms with van der Waals surface area (Å²) in [4.78, 5) is 4.14. The van der Waals surface area contributed by atoms with Crippen molar-refractivity contribution in [1.82, 2.24) is 4.98 Å². The number of primary sulfonamides is 1. The molecule has 0 aliphatic carbocycles. The summed E-state index contributed by atoms with van der Waals surface area (Å²) in [5.41, 5.74) is 2.18. The lowest BCUT2D eigenvalue weighted by molar-refractivity contribution is -0.137. The minimum atomic E-state index is -4.51. The number of oxazole rings is 1. The molecule has 4 aromatic carbocycles. The van der Waals surface area contributed by atoms with Gasteiger partial charge in [-0.15, -0.1) is 0 Å². The summed E-state index contributed by atoms with van der Waals surface area (Å²) in [5, 5.41) is 5.21. The normalized spacial score (nSPS) is 12.2. The van der Waals surface area contributed by atoms with E-state index < -0.39 is 27.6 Å². The predicted octanol–water partition coefficient (Wildman–Crippen LogP) is 6.95. The molecular formula is C28H20F4N2O4S. The number of halogens is 4. The molecule has 0 bridgehead atoms. The molecule has 5 aromatic rings. The summed E-state index contributed by atoms with van der Waals surface area (Å²) in [6.07, 6.45) is -4.51. The van der Waals surface area contributed by atoms with Crippen molar-refractivity contribution in [2.45, 2.75) is 18.0 Å². The fourth-order valence-electron chi connectivity index (χ4n) is 4.32. The first-order valence-corrected chi connectivity index (χ1v) is 13.0. The molecule has 39 heavy (non-hydrogen) atoms. The molecule has 1 heterocycles. The van der Waals surface area contributed by atoms with Crippen LogP contribution >= 0.6 is 0 Å². The Morgan fingerprint density at radius 1 is 0.897 bits per heavy atom. The van der Waals surface area contributed by atoms with E-state index in [-0.39, 0.29) is 33.2 Å². The van der Waals surface area contributed by atoms with Gasteiger partial charge in [0.1, 0.15) is 17.1 Å². The molecule has 0 atom stereocenters. The number of rotatable bonds is 5. The number of alkyl halides is 3. The monoisotopic (exact) mass is 556 g/mol. The quantitative estimate of drug-likeness (QED) is 0.236. The maximum absolute atomic E-state index is 15.2. The van der Waals surface area contributed by atoms with Gasteiger partial charge < -0.3 is 9.15 Å². The van der Waals surface area contributed by atoms with Gasteiger partial charge in [-0.1, -0.05) is 18.2 Å².